The Labute approximate surface area is 116 Å². The number of rotatable bonds is 4. The first-order chi connectivity index (χ1) is 9.11. The zero-order chi connectivity index (χ0) is 13.8. The Morgan fingerprint density at radius 1 is 1.32 bits per heavy atom. The fourth-order valence-electron chi connectivity index (χ4n) is 2.67. The molecule has 1 fully saturated rings. The van der Waals surface area contributed by atoms with Gasteiger partial charge in [-0.25, -0.2) is 4.39 Å². The number of halogens is 1. The van der Waals surface area contributed by atoms with Gasteiger partial charge in [-0.3, -0.25) is 0 Å². The van der Waals surface area contributed by atoms with Crippen molar-refractivity contribution in [2.24, 2.45) is 11.8 Å². The van der Waals surface area contributed by atoms with Crippen molar-refractivity contribution in [1.82, 2.24) is 5.32 Å². The third-order valence-electron chi connectivity index (χ3n) is 4.27. The Kier molecular flexibility index (Phi) is 4.81. The van der Waals surface area contributed by atoms with Crippen LogP contribution in [0.2, 0.25) is 0 Å². The van der Waals surface area contributed by atoms with Crippen molar-refractivity contribution in [1.29, 1.82) is 0 Å². The van der Waals surface area contributed by atoms with Crippen LogP contribution >= 0.6 is 0 Å². The molecule has 2 nitrogen and oxygen atoms in total. The molecule has 106 valence electrons. The zero-order valence-electron chi connectivity index (χ0n) is 12.2. The van der Waals surface area contributed by atoms with Gasteiger partial charge in [-0.2, -0.15) is 0 Å². The topological polar surface area (TPSA) is 15.3 Å². The number of benzene rings is 1. The van der Waals surface area contributed by atoms with Gasteiger partial charge >= 0.3 is 0 Å². The van der Waals surface area contributed by atoms with Gasteiger partial charge in [0.25, 0.3) is 0 Å². The third kappa shape index (κ3) is 3.47. The van der Waals surface area contributed by atoms with E-state index in [-0.39, 0.29) is 5.82 Å². The fourth-order valence-corrected chi connectivity index (χ4v) is 2.67. The summed E-state index contributed by atoms with van der Waals surface area (Å²) in [5, 5.41) is 3.22. The Hall–Kier alpha value is -1.09. The summed E-state index contributed by atoms with van der Waals surface area (Å²) in [5.41, 5.74) is 1.78. The molecule has 1 aliphatic heterocycles. The minimum atomic E-state index is -0.0860. The molecular formula is C16H25FN2. The van der Waals surface area contributed by atoms with E-state index >= 15 is 0 Å². The number of nitrogens with one attached hydrogen (secondary N) is 1. The molecule has 2 rings (SSSR count). The predicted octanol–water partition coefficient (Wildman–Crippen LogP) is 3.42. The van der Waals surface area contributed by atoms with Gasteiger partial charge in [-0.1, -0.05) is 26.8 Å². The fraction of sp³-hybridized carbons (Fsp3) is 0.625. The first-order valence-electron chi connectivity index (χ1n) is 7.36. The number of anilines is 1. The summed E-state index contributed by atoms with van der Waals surface area (Å²) in [6.45, 7) is 10.2. The smallest absolute Gasteiger partial charge is 0.146 e. The molecule has 0 spiro atoms. The van der Waals surface area contributed by atoms with Crippen LogP contribution < -0.4 is 10.2 Å². The molecule has 0 radical (unpaired) electrons. The summed E-state index contributed by atoms with van der Waals surface area (Å²) < 4.78 is 14.2. The van der Waals surface area contributed by atoms with Gasteiger partial charge in [0, 0.05) is 19.6 Å². The van der Waals surface area contributed by atoms with Gasteiger partial charge in [0.1, 0.15) is 5.82 Å². The Morgan fingerprint density at radius 3 is 2.74 bits per heavy atom. The van der Waals surface area contributed by atoms with E-state index in [1.165, 1.54) is 0 Å². The van der Waals surface area contributed by atoms with Gasteiger partial charge in [0.2, 0.25) is 0 Å². The van der Waals surface area contributed by atoms with E-state index in [0.717, 1.165) is 49.8 Å². The van der Waals surface area contributed by atoms with Crippen LogP contribution in [-0.2, 0) is 6.54 Å². The molecule has 19 heavy (non-hydrogen) atoms. The second-order valence-corrected chi connectivity index (χ2v) is 5.76. The molecule has 1 heterocycles. The van der Waals surface area contributed by atoms with Crippen LogP contribution in [-0.4, -0.2) is 19.6 Å². The predicted molar refractivity (Wildman–Crippen MR) is 78.9 cm³/mol. The number of piperidine rings is 1. The molecule has 0 amide bonds. The van der Waals surface area contributed by atoms with Gasteiger partial charge in [0.15, 0.2) is 0 Å². The van der Waals surface area contributed by atoms with Crippen molar-refractivity contribution in [2.75, 3.05) is 24.5 Å². The van der Waals surface area contributed by atoms with E-state index in [9.17, 15) is 4.39 Å². The van der Waals surface area contributed by atoms with Crippen LogP contribution in [0.4, 0.5) is 10.1 Å². The molecule has 0 bridgehead atoms. The number of hydrogen-bond donors (Lipinski definition) is 1. The first-order valence-corrected chi connectivity index (χ1v) is 7.36. The molecule has 2 atom stereocenters. The van der Waals surface area contributed by atoms with E-state index in [1.807, 2.05) is 12.1 Å². The maximum Gasteiger partial charge on any atom is 0.146 e. The van der Waals surface area contributed by atoms with E-state index in [2.05, 4.69) is 31.0 Å². The van der Waals surface area contributed by atoms with Crippen LogP contribution in [0.5, 0.6) is 0 Å². The second-order valence-electron chi connectivity index (χ2n) is 5.76. The molecule has 1 saturated heterocycles. The Balaban J connectivity index is 2.08. The largest absolute Gasteiger partial charge is 0.369 e. The SMILES string of the molecule is CCNCc1ccc(N2CCC(C)C(C)C2)c(F)c1. The Morgan fingerprint density at radius 2 is 2.11 bits per heavy atom. The van der Waals surface area contributed by atoms with Crippen LogP contribution in [0, 0.1) is 17.7 Å². The lowest BCUT2D eigenvalue weighted by Gasteiger charge is -2.37. The van der Waals surface area contributed by atoms with Crippen LogP contribution in [0.15, 0.2) is 18.2 Å². The van der Waals surface area contributed by atoms with Crippen molar-refractivity contribution < 1.29 is 4.39 Å². The first kappa shape index (κ1) is 14.3. The number of hydrogen-bond acceptors (Lipinski definition) is 2. The summed E-state index contributed by atoms with van der Waals surface area (Å²) in [6, 6.07) is 5.63. The third-order valence-corrected chi connectivity index (χ3v) is 4.27. The van der Waals surface area contributed by atoms with Crippen molar-refractivity contribution in [3.8, 4) is 0 Å². The van der Waals surface area contributed by atoms with Crippen LogP contribution in [0.1, 0.15) is 32.8 Å². The zero-order valence-corrected chi connectivity index (χ0v) is 12.2. The highest BCUT2D eigenvalue weighted by Crippen LogP contribution is 2.29. The summed E-state index contributed by atoms with van der Waals surface area (Å²) >= 11 is 0. The average molecular weight is 264 g/mol. The summed E-state index contributed by atoms with van der Waals surface area (Å²) in [4.78, 5) is 2.19. The van der Waals surface area contributed by atoms with Gasteiger partial charge < -0.3 is 10.2 Å². The van der Waals surface area contributed by atoms with E-state index < -0.39 is 0 Å². The van der Waals surface area contributed by atoms with E-state index in [1.54, 1.807) is 6.07 Å². The highest BCUT2D eigenvalue weighted by atomic mass is 19.1. The molecular weight excluding hydrogens is 239 g/mol. The van der Waals surface area contributed by atoms with Gasteiger partial charge in [0.05, 0.1) is 5.69 Å². The molecule has 0 saturated carbocycles. The van der Waals surface area contributed by atoms with Crippen molar-refractivity contribution in [3.63, 3.8) is 0 Å². The Bertz CT molecular complexity index is 419. The minimum Gasteiger partial charge on any atom is -0.369 e. The lowest BCUT2D eigenvalue weighted by Crippen LogP contribution is -2.38. The second kappa shape index (κ2) is 6.38. The van der Waals surface area contributed by atoms with Gasteiger partial charge in [-0.05, 0) is 42.5 Å². The maximum atomic E-state index is 14.2. The quantitative estimate of drug-likeness (QED) is 0.896. The van der Waals surface area contributed by atoms with Crippen LogP contribution in [0.25, 0.3) is 0 Å². The van der Waals surface area contributed by atoms with Gasteiger partial charge in [-0.15, -0.1) is 0 Å². The molecule has 3 heteroatoms. The van der Waals surface area contributed by atoms with Crippen LogP contribution in [0.3, 0.4) is 0 Å². The molecule has 2 unspecified atom stereocenters. The molecule has 0 aromatic heterocycles. The molecule has 1 aromatic carbocycles. The summed E-state index contributed by atoms with van der Waals surface area (Å²) in [7, 11) is 0. The monoisotopic (exact) mass is 264 g/mol. The molecule has 1 aromatic rings. The molecule has 0 aliphatic carbocycles. The normalized spacial score (nSPS) is 23.7. The van der Waals surface area contributed by atoms with E-state index in [4.69, 9.17) is 0 Å². The lowest BCUT2D eigenvalue weighted by molar-refractivity contribution is 0.322. The van der Waals surface area contributed by atoms with Crippen molar-refractivity contribution in [2.45, 2.75) is 33.7 Å². The average Bonchev–Trinajstić information content (AvgIpc) is 2.40. The lowest BCUT2D eigenvalue weighted by atomic mass is 9.88. The van der Waals surface area contributed by atoms with Crippen molar-refractivity contribution >= 4 is 5.69 Å². The number of nitrogens with zero attached hydrogens (tertiary/aromatic N) is 1. The highest BCUT2D eigenvalue weighted by Gasteiger charge is 2.24. The summed E-state index contributed by atoms with van der Waals surface area (Å²) in [6.07, 6.45) is 1.15. The highest BCUT2D eigenvalue weighted by molar-refractivity contribution is 5.49. The van der Waals surface area contributed by atoms with Crippen molar-refractivity contribution in [3.05, 3.63) is 29.6 Å². The molecule has 1 N–H and O–H groups in total. The standard InChI is InChI=1S/C16H25FN2/c1-4-18-10-14-5-6-16(15(17)9-14)19-8-7-12(2)13(3)11-19/h5-6,9,12-13,18H,4,7-8,10-11H2,1-3H3. The minimum absolute atomic E-state index is 0.0860. The molecule has 1 aliphatic rings. The summed E-state index contributed by atoms with van der Waals surface area (Å²) in [5.74, 6) is 1.29. The van der Waals surface area contributed by atoms with E-state index in [0.29, 0.717) is 5.92 Å². The maximum absolute atomic E-state index is 14.2.